The number of thiophene rings is 1. The molecule has 86 valence electrons. The molecule has 0 saturated carbocycles. The second kappa shape index (κ2) is 4.65. The van der Waals surface area contributed by atoms with E-state index in [1.807, 2.05) is 7.05 Å². The number of hydrogen-bond donors (Lipinski definition) is 1. The van der Waals surface area contributed by atoms with Crippen LogP contribution in [0.5, 0.6) is 0 Å². The summed E-state index contributed by atoms with van der Waals surface area (Å²) in [5, 5.41) is 6.68. The van der Waals surface area contributed by atoms with E-state index in [1.165, 1.54) is 15.3 Å². The van der Waals surface area contributed by atoms with Crippen molar-refractivity contribution in [2.24, 2.45) is 0 Å². The zero-order chi connectivity index (χ0) is 11.7. The van der Waals surface area contributed by atoms with Gasteiger partial charge in [-0.05, 0) is 44.8 Å². The Morgan fingerprint density at radius 1 is 1.31 bits per heavy atom. The van der Waals surface area contributed by atoms with Crippen molar-refractivity contribution in [2.75, 3.05) is 7.05 Å². The van der Waals surface area contributed by atoms with Crippen LogP contribution in [0.1, 0.15) is 32.1 Å². The van der Waals surface area contributed by atoms with Crippen LogP contribution in [-0.2, 0) is 0 Å². The van der Waals surface area contributed by atoms with E-state index in [0.717, 1.165) is 10.7 Å². The smallest absolute Gasteiger partial charge is 0.0900 e. The molecule has 2 nitrogen and oxygen atoms in total. The van der Waals surface area contributed by atoms with Crippen molar-refractivity contribution in [1.29, 1.82) is 0 Å². The molecule has 2 aromatic rings. The van der Waals surface area contributed by atoms with Crippen LogP contribution in [0.15, 0.2) is 11.4 Å². The highest BCUT2D eigenvalue weighted by molar-refractivity contribution is 7.12. The number of rotatable bonds is 3. The summed E-state index contributed by atoms with van der Waals surface area (Å²) >= 11 is 3.58. The molecule has 0 saturated heterocycles. The van der Waals surface area contributed by atoms with Crippen molar-refractivity contribution in [3.05, 3.63) is 37.5 Å². The molecule has 1 N–H and O–H groups in total. The van der Waals surface area contributed by atoms with Gasteiger partial charge in [0.15, 0.2) is 0 Å². The maximum Gasteiger partial charge on any atom is 0.0900 e. The van der Waals surface area contributed by atoms with Gasteiger partial charge < -0.3 is 5.32 Å². The Morgan fingerprint density at radius 3 is 2.50 bits per heavy atom. The van der Waals surface area contributed by atoms with Crippen LogP contribution in [0.3, 0.4) is 0 Å². The van der Waals surface area contributed by atoms with Gasteiger partial charge in [-0.2, -0.15) is 0 Å². The molecule has 0 radical (unpaired) electrons. The predicted molar refractivity (Wildman–Crippen MR) is 71.5 cm³/mol. The highest BCUT2D eigenvalue weighted by Crippen LogP contribution is 2.32. The van der Waals surface area contributed by atoms with Gasteiger partial charge in [0, 0.05) is 9.75 Å². The summed E-state index contributed by atoms with van der Waals surface area (Å²) in [5.41, 5.74) is 2.52. The van der Waals surface area contributed by atoms with Gasteiger partial charge in [0.05, 0.1) is 16.7 Å². The van der Waals surface area contributed by atoms with E-state index in [9.17, 15) is 0 Å². The molecule has 0 aromatic carbocycles. The van der Waals surface area contributed by atoms with Crippen LogP contribution in [0.4, 0.5) is 0 Å². The number of thiazole rings is 1. The van der Waals surface area contributed by atoms with E-state index in [4.69, 9.17) is 0 Å². The predicted octanol–water partition coefficient (Wildman–Crippen LogP) is 3.44. The first-order valence-corrected chi connectivity index (χ1v) is 6.98. The summed E-state index contributed by atoms with van der Waals surface area (Å²) in [6.45, 7) is 6.33. The third-order valence-electron chi connectivity index (χ3n) is 2.70. The van der Waals surface area contributed by atoms with Crippen molar-refractivity contribution in [3.8, 4) is 0 Å². The lowest BCUT2D eigenvalue weighted by Crippen LogP contribution is -2.17. The monoisotopic (exact) mass is 252 g/mol. The van der Waals surface area contributed by atoms with E-state index in [2.05, 4.69) is 42.5 Å². The van der Waals surface area contributed by atoms with Gasteiger partial charge in [0.1, 0.15) is 0 Å². The second-order valence-corrected chi connectivity index (χ2v) is 6.19. The zero-order valence-electron chi connectivity index (χ0n) is 10.00. The van der Waals surface area contributed by atoms with E-state index in [1.54, 1.807) is 22.7 Å². The molecule has 0 fully saturated rings. The molecule has 1 unspecified atom stereocenters. The van der Waals surface area contributed by atoms with Gasteiger partial charge in [-0.1, -0.05) is 0 Å². The first kappa shape index (κ1) is 11.8. The summed E-state index contributed by atoms with van der Waals surface area (Å²) in [6, 6.07) is 2.49. The van der Waals surface area contributed by atoms with Gasteiger partial charge in [0.25, 0.3) is 0 Å². The standard InChI is InChI=1S/C12H16N2S2/c1-7-12(16-9(3)14-7)11(13-4)10-5-6-15-8(10)2/h5-6,11,13H,1-4H3. The first-order chi connectivity index (χ1) is 7.63. The molecule has 1 atom stereocenters. The molecule has 0 spiro atoms. The van der Waals surface area contributed by atoms with Gasteiger partial charge in [0.2, 0.25) is 0 Å². The van der Waals surface area contributed by atoms with Crippen LogP contribution in [0.2, 0.25) is 0 Å². The summed E-state index contributed by atoms with van der Waals surface area (Å²) in [7, 11) is 2.01. The fourth-order valence-corrected chi connectivity index (χ4v) is 3.73. The Morgan fingerprint density at radius 2 is 2.06 bits per heavy atom. The van der Waals surface area contributed by atoms with Crippen molar-refractivity contribution in [3.63, 3.8) is 0 Å². The van der Waals surface area contributed by atoms with Crippen LogP contribution >= 0.6 is 22.7 Å². The Balaban J connectivity index is 2.44. The van der Waals surface area contributed by atoms with Crippen LogP contribution < -0.4 is 5.32 Å². The first-order valence-electron chi connectivity index (χ1n) is 5.28. The number of aromatic nitrogens is 1. The molecule has 0 bridgehead atoms. The lowest BCUT2D eigenvalue weighted by Gasteiger charge is -2.15. The molecule has 16 heavy (non-hydrogen) atoms. The minimum Gasteiger partial charge on any atom is -0.309 e. The maximum atomic E-state index is 4.50. The summed E-state index contributed by atoms with van der Waals surface area (Å²) < 4.78 is 0. The average molecular weight is 252 g/mol. The molecule has 0 aliphatic rings. The normalized spacial score (nSPS) is 13.0. The molecule has 2 heterocycles. The van der Waals surface area contributed by atoms with Crippen molar-refractivity contribution in [1.82, 2.24) is 10.3 Å². The number of nitrogens with one attached hydrogen (secondary N) is 1. The van der Waals surface area contributed by atoms with Crippen molar-refractivity contribution < 1.29 is 0 Å². The largest absolute Gasteiger partial charge is 0.309 e. The molecule has 0 aliphatic heterocycles. The van der Waals surface area contributed by atoms with Crippen molar-refractivity contribution in [2.45, 2.75) is 26.8 Å². The van der Waals surface area contributed by atoms with Crippen LogP contribution in [0, 0.1) is 20.8 Å². The Hall–Kier alpha value is -0.710. The Kier molecular flexibility index (Phi) is 3.42. The molecular formula is C12H16N2S2. The van der Waals surface area contributed by atoms with E-state index in [-0.39, 0.29) is 6.04 Å². The van der Waals surface area contributed by atoms with Gasteiger partial charge in [-0.15, -0.1) is 22.7 Å². The van der Waals surface area contributed by atoms with Gasteiger partial charge in [-0.25, -0.2) is 4.98 Å². The third-order valence-corrected chi connectivity index (χ3v) is 4.70. The molecule has 2 rings (SSSR count). The highest BCUT2D eigenvalue weighted by atomic mass is 32.1. The Bertz CT molecular complexity index is 485. The number of aryl methyl sites for hydroxylation is 3. The Labute approximate surface area is 104 Å². The van der Waals surface area contributed by atoms with Gasteiger partial charge in [-0.3, -0.25) is 0 Å². The van der Waals surface area contributed by atoms with E-state index in [0.29, 0.717) is 0 Å². The van der Waals surface area contributed by atoms with E-state index >= 15 is 0 Å². The lowest BCUT2D eigenvalue weighted by molar-refractivity contribution is 0.697. The lowest BCUT2D eigenvalue weighted by atomic mass is 10.1. The zero-order valence-corrected chi connectivity index (χ0v) is 11.6. The fraction of sp³-hybridized carbons (Fsp3) is 0.417. The van der Waals surface area contributed by atoms with E-state index < -0.39 is 0 Å². The summed E-state index contributed by atoms with van der Waals surface area (Å²) in [4.78, 5) is 7.22. The molecule has 0 amide bonds. The number of hydrogen-bond acceptors (Lipinski definition) is 4. The molecule has 0 aliphatic carbocycles. The maximum absolute atomic E-state index is 4.50. The minimum atomic E-state index is 0.289. The summed E-state index contributed by atoms with van der Waals surface area (Å²) in [6.07, 6.45) is 0. The topological polar surface area (TPSA) is 24.9 Å². The summed E-state index contributed by atoms with van der Waals surface area (Å²) in [5.74, 6) is 0. The minimum absolute atomic E-state index is 0.289. The quantitative estimate of drug-likeness (QED) is 0.905. The number of nitrogens with zero attached hydrogens (tertiary/aromatic N) is 1. The molecule has 2 aromatic heterocycles. The van der Waals surface area contributed by atoms with Crippen LogP contribution in [-0.4, -0.2) is 12.0 Å². The van der Waals surface area contributed by atoms with Crippen molar-refractivity contribution >= 4 is 22.7 Å². The molecule has 4 heteroatoms. The van der Waals surface area contributed by atoms with Gasteiger partial charge >= 0.3 is 0 Å². The highest BCUT2D eigenvalue weighted by Gasteiger charge is 2.19. The average Bonchev–Trinajstić information content (AvgIpc) is 2.77. The molecular weight excluding hydrogens is 236 g/mol. The SMILES string of the molecule is CNC(c1ccsc1C)c1sc(C)nc1C. The third kappa shape index (κ3) is 2.05. The van der Waals surface area contributed by atoms with Crippen LogP contribution in [0.25, 0.3) is 0 Å². The second-order valence-electron chi connectivity index (χ2n) is 3.84. The fourth-order valence-electron chi connectivity index (χ4n) is 1.94.